The van der Waals surface area contributed by atoms with Crippen LogP contribution in [0.1, 0.15) is 36.6 Å². The van der Waals surface area contributed by atoms with E-state index in [0.29, 0.717) is 0 Å². The lowest BCUT2D eigenvalue weighted by atomic mass is 9.85. The monoisotopic (exact) mass is 488 g/mol. The number of rotatable bonds is 4. The summed E-state index contributed by atoms with van der Waals surface area (Å²) in [5.74, 6) is 0.825. The first-order valence-electron chi connectivity index (χ1n) is 9.60. The van der Waals surface area contributed by atoms with Crippen molar-refractivity contribution in [2.45, 2.75) is 44.9 Å². The second kappa shape index (κ2) is 7.61. The van der Waals surface area contributed by atoms with Gasteiger partial charge in [0.15, 0.2) is 0 Å². The number of nitrogens with one attached hydrogen (secondary N) is 1. The van der Waals surface area contributed by atoms with Gasteiger partial charge in [0.25, 0.3) is 0 Å². The average Bonchev–Trinajstić information content (AvgIpc) is 2.65. The fourth-order valence-electron chi connectivity index (χ4n) is 3.88. The molecule has 2 aromatic carbocycles. The Kier molecular flexibility index (Phi) is 5.33. The van der Waals surface area contributed by atoms with E-state index in [1.807, 2.05) is 19.9 Å². The van der Waals surface area contributed by atoms with Crippen molar-refractivity contribution in [3.8, 4) is 5.75 Å². The molecule has 1 aliphatic heterocycles. The van der Waals surface area contributed by atoms with Crippen molar-refractivity contribution in [1.29, 1.82) is 0 Å². The van der Waals surface area contributed by atoms with E-state index < -0.39 is 11.7 Å². The number of pyridine rings is 1. The van der Waals surface area contributed by atoms with E-state index in [4.69, 9.17) is 9.72 Å². The predicted octanol–water partition coefficient (Wildman–Crippen LogP) is 4.55. The number of hydrogen-bond donors (Lipinski definition) is 2. The molecule has 1 aliphatic rings. The van der Waals surface area contributed by atoms with Crippen LogP contribution in [0.15, 0.2) is 48.5 Å². The summed E-state index contributed by atoms with van der Waals surface area (Å²) in [5.41, 5.74) is 3.70. The fourth-order valence-corrected chi connectivity index (χ4v) is 4.61. The molecule has 28 heavy (non-hydrogen) atoms. The molecule has 0 aliphatic carbocycles. The summed E-state index contributed by atoms with van der Waals surface area (Å²) in [5, 5.41) is 15.7. The smallest absolute Gasteiger partial charge is 0.131 e. The third-order valence-electron chi connectivity index (χ3n) is 5.47. The largest absolute Gasteiger partial charge is 0.485 e. The van der Waals surface area contributed by atoms with Crippen LogP contribution < -0.4 is 10.1 Å². The van der Waals surface area contributed by atoms with Gasteiger partial charge in [0.2, 0.25) is 0 Å². The molecule has 2 N–H and O–H groups in total. The topological polar surface area (TPSA) is 54.4 Å². The summed E-state index contributed by atoms with van der Waals surface area (Å²) >= 11 is 2.25. The van der Waals surface area contributed by atoms with Crippen molar-refractivity contribution in [1.82, 2.24) is 10.3 Å². The summed E-state index contributed by atoms with van der Waals surface area (Å²) in [4.78, 5) is 4.69. The molecular formula is C23H25IN2O2. The first-order valence-corrected chi connectivity index (χ1v) is 10.7. The summed E-state index contributed by atoms with van der Waals surface area (Å²) in [6, 6.07) is 16.4. The van der Waals surface area contributed by atoms with Gasteiger partial charge in [-0.15, -0.1) is 0 Å². The summed E-state index contributed by atoms with van der Waals surface area (Å²) in [6.07, 6.45) is 0.251. The highest BCUT2D eigenvalue weighted by Crippen LogP contribution is 2.42. The molecule has 2 atom stereocenters. The lowest BCUT2D eigenvalue weighted by molar-refractivity contribution is -0.0642. The number of nitrogens with zero attached hydrogens (tertiary/aromatic N) is 1. The quantitative estimate of drug-likeness (QED) is 0.418. The predicted molar refractivity (Wildman–Crippen MR) is 121 cm³/mol. The number of halogens is 1. The van der Waals surface area contributed by atoms with Crippen molar-refractivity contribution >= 4 is 33.5 Å². The number of hydrogen-bond acceptors (Lipinski definition) is 4. The normalized spacial score (nSPS) is 20.6. The second-order valence-corrected chi connectivity index (χ2v) is 9.09. The molecule has 0 radical (unpaired) electrons. The van der Waals surface area contributed by atoms with Crippen molar-refractivity contribution in [3.63, 3.8) is 0 Å². The van der Waals surface area contributed by atoms with E-state index in [1.54, 1.807) is 0 Å². The van der Waals surface area contributed by atoms with Crippen LogP contribution in [0.5, 0.6) is 5.75 Å². The Hall–Kier alpha value is -1.70. The Morgan fingerprint density at radius 2 is 1.93 bits per heavy atom. The number of aliphatic hydroxyl groups is 1. The molecule has 2 unspecified atom stereocenters. The second-order valence-electron chi connectivity index (χ2n) is 7.99. The van der Waals surface area contributed by atoms with E-state index >= 15 is 0 Å². The molecular weight excluding hydrogens is 463 g/mol. The first kappa shape index (κ1) is 19.6. The van der Waals surface area contributed by atoms with Crippen LogP contribution in [0.3, 0.4) is 0 Å². The number of ether oxygens (including phenoxy) is 1. The molecule has 2 heterocycles. The van der Waals surface area contributed by atoms with Gasteiger partial charge in [-0.05, 0) is 85.7 Å². The first-order chi connectivity index (χ1) is 13.3. The van der Waals surface area contributed by atoms with Crippen LogP contribution in [0.2, 0.25) is 0 Å². The molecule has 1 aromatic heterocycles. The third-order valence-corrected chi connectivity index (χ3v) is 6.03. The Morgan fingerprint density at radius 1 is 1.18 bits per heavy atom. The molecule has 0 bridgehead atoms. The van der Waals surface area contributed by atoms with E-state index in [2.05, 4.69) is 77.3 Å². The Morgan fingerprint density at radius 3 is 2.68 bits per heavy atom. The van der Waals surface area contributed by atoms with Gasteiger partial charge in [-0.25, -0.2) is 4.98 Å². The molecule has 0 saturated heterocycles. The van der Waals surface area contributed by atoms with E-state index in [-0.39, 0.29) is 6.04 Å². The van der Waals surface area contributed by atoms with Crippen molar-refractivity contribution in [2.24, 2.45) is 0 Å². The zero-order chi connectivity index (χ0) is 19.9. The minimum Gasteiger partial charge on any atom is -0.485 e. The summed E-state index contributed by atoms with van der Waals surface area (Å²) in [7, 11) is 0. The maximum absolute atomic E-state index is 11.0. The molecule has 5 heteroatoms. The van der Waals surface area contributed by atoms with Crippen LogP contribution in [-0.4, -0.2) is 28.3 Å². The molecule has 3 aromatic rings. The van der Waals surface area contributed by atoms with Gasteiger partial charge in [-0.2, -0.15) is 0 Å². The van der Waals surface area contributed by atoms with E-state index in [9.17, 15) is 5.11 Å². The van der Waals surface area contributed by atoms with Crippen molar-refractivity contribution in [2.75, 3.05) is 6.54 Å². The molecule has 146 valence electrons. The molecule has 0 saturated carbocycles. The SMILES string of the molecule is Cc1cc(I)nc2cc3c(cc12)OC(C)(C)C(O)C3NCCc1ccccc1. The number of aromatic nitrogens is 1. The molecule has 0 spiro atoms. The minimum absolute atomic E-state index is 0.202. The van der Waals surface area contributed by atoms with Gasteiger partial charge < -0.3 is 15.2 Å². The molecule has 4 rings (SSSR count). The zero-order valence-electron chi connectivity index (χ0n) is 16.4. The summed E-state index contributed by atoms with van der Waals surface area (Å²) in [6.45, 7) is 6.75. The number of aliphatic hydroxyl groups excluding tert-OH is 1. The van der Waals surface area contributed by atoms with Crippen LogP contribution in [0, 0.1) is 10.6 Å². The van der Waals surface area contributed by atoms with Gasteiger partial charge in [-0.3, -0.25) is 0 Å². The Balaban J connectivity index is 1.68. The third kappa shape index (κ3) is 3.75. The highest BCUT2D eigenvalue weighted by molar-refractivity contribution is 14.1. The highest BCUT2D eigenvalue weighted by atomic mass is 127. The molecule has 0 fully saturated rings. The zero-order valence-corrected chi connectivity index (χ0v) is 18.5. The van der Waals surface area contributed by atoms with Crippen molar-refractivity contribution < 1.29 is 9.84 Å². The fraction of sp³-hybridized carbons (Fsp3) is 0.348. The van der Waals surface area contributed by atoms with Crippen LogP contribution in [0.25, 0.3) is 10.9 Å². The number of fused-ring (bicyclic) bond motifs is 2. The van der Waals surface area contributed by atoms with Crippen molar-refractivity contribution in [3.05, 3.63) is 68.9 Å². The van der Waals surface area contributed by atoms with Crippen LogP contribution in [-0.2, 0) is 6.42 Å². The van der Waals surface area contributed by atoms with Crippen LogP contribution in [0.4, 0.5) is 0 Å². The van der Waals surface area contributed by atoms with Crippen LogP contribution >= 0.6 is 22.6 Å². The lowest BCUT2D eigenvalue weighted by Crippen LogP contribution is -2.52. The maximum atomic E-state index is 11.0. The summed E-state index contributed by atoms with van der Waals surface area (Å²) < 4.78 is 7.17. The molecule has 0 amide bonds. The maximum Gasteiger partial charge on any atom is 0.131 e. The lowest BCUT2D eigenvalue weighted by Gasteiger charge is -2.42. The Bertz CT molecular complexity index is 1000. The average molecular weight is 488 g/mol. The molecule has 4 nitrogen and oxygen atoms in total. The highest BCUT2D eigenvalue weighted by Gasteiger charge is 2.42. The van der Waals surface area contributed by atoms with Gasteiger partial charge in [0.05, 0.1) is 11.6 Å². The van der Waals surface area contributed by atoms with E-state index in [1.165, 1.54) is 11.1 Å². The minimum atomic E-state index is -0.671. The number of aryl methyl sites for hydroxylation is 1. The van der Waals surface area contributed by atoms with Gasteiger partial charge >= 0.3 is 0 Å². The van der Waals surface area contributed by atoms with Gasteiger partial charge in [-0.1, -0.05) is 30.3 Å². The van der Waals surface area contributed by atoms with Gasteiger partial charge in [0.1, 0.15) is 21.2 Å². The number of benzene rings is 2. The Labute approximate surface area is 179 Å². The van der Waals surface area contributed by atoms with E-state index in [0.717, 1.165) is 38.9 Å². The standard InChI is InChI=1S/C23H25IN2O2/c1-14-11-20(24)26-18-12-17-19(13-16(14)18)28-23(2,3)22(27)21(17)25-10-9-15-7-5-4-6-8-15/h4-8,11-13,21-22,25,27H,9-10H2,1-3H3. The van der Waals surface area contributed by atoms with Gasteiger partial charge in [0, 0.05) is 10.9 Å².